The van der Waals surface area contributed by atoms with E-state index in [0.29, 0.717) is 0 Å². The third kappa shape index (κ3) is 18.3. The van der Waals surface area contributed by atoms with E-state index in [2.05, 4.69) is 18.5 Å². The second-order valence-electron chi connectivity index (χ2n) is 5.63. The Bertz CT molecular complexity index is 134. The van der Waals surface area contributed by atoms with Gasteiger partial charge in [0, 0.05) is 0 Å². The molecular formula is C17H37NS. The Morgan fingerprint density at radius 3 is 1.63 bits per heavy atom. The van der Waals surface area contributed by atoms with Crippen LogP contribution in [-0.2, 0) is 0 Å². The number of rotatable bonds is 16. The van der Waals surface area contributed by atoms with Crippen molar-refractivity contribution in [2.75, 3.05) is 25.1 Å². The summed E-state index contributed by atoms with van der Waals surface area (Å²) >= 11 is 1.96. The molecule has 0 aliphatic heterocycles. The highest BCUT2D eigenvalue weighted by Gasteiger charge is 1.93. The van der Waals surface area contributed by atoms with E-state index < -0.39 is 0 Å². The summed E-state index contributed by atoms with van der Waals surface area (Å²) < 4.78 is 0. The zero-order valence-corrected chi connectivity index (χ0v) is 14.3. The summed E-state index contributed by atoms with van der Waals surface area (Å²) in [5, 5.41) is 3.56. The molecule has 116 valence electrons. The Hall–Kier alpha value is 0.310. The van der Waals surface area contributed by atoms with Crippen LogP contribution in [0.4, 0.5) is 0 Å². The van der Waals surface area contributed by atoms with E-state index in [1.54, 1.807) is 0 Å². The molecule has 0 unspecified atom stereocenters. The van der Waals surface area contributed by atoms with Crippen molar-refractivity contribution in [2.45, 2.75) is 84.0 Å². The van der Waals surface area contributed by atoms with E-state index in [1.807, 2.05) is 11.8 Å². The third-order valence-electron chi connectivity index (χ3n) is 3.66. The van der Waals surface area contributed by atoms with Crippen LogP contribution >= 0.6 is 11.8 Å². The van der Waals surface area contributed by atoms with Crippen LogP contribution in [0.15, 0.2) is 0 Å². The molecule has 0 saturated carbocycles. The molecule has 0 bridgehead atoms. The van der Waals surface area contributed by atoms with Crippen molar-refractivity contribution in [1.29, 1.82) is 0 Å². The van der Waals surface area contributed by atoms with E-state index in [1.165, 1.54) is 95.9 Å². The van der Waals surface area contributed by atoms with Crippen molar-refractivity contribution in [3.8, 4) is 0 Å². The minimum Gasteiger partial charge on any atom is -0.317 e. The van der Waals surface area contributed by atoms with Crippen molar-refractivity contribution in [3.63, 3.8) is 0 Å². The summed E-state index contributed by atoms with van der Waals surface area (Å²) in [4.78, 5) is 0. The summed E-state index contributed by atoms with van der Waals surface area (Å²) in [7, 11) is 0. The summed E-state index contributed by atoms with van der Waals surface area (Å²) in [6, 6.07) is 0. The minimum absolute atomic E-state index is 1.22. The van der Waals surface area contributed by atoms with Gasteiger partial charge < -0.3 is 5.32 Å². The maximum atomic E-state index is 3.56. The van der Waals surface area contributed by atoms with Crippen molar-refractivity contribution in [2.24, 2.45) is 0 Å². The molecule has 0 atom stereocenters. The fourth-order valence-corrected chi connectivity index (χ4v) is 2.85. The molecule has 0 aliphatic rings. The third-order valence-corrected chi connectivity index (χ3v) is 4.36. The van der Waals surface area contributed by atoms with Crippen LogP contribution in [0.3, 0.4) is 0 Å². The van der Waals surface area contributed by atoms with Crippen LogP contribution in [0, 0.1) is 0 Å². The van der Waals surface area contributed by atoms with Crippen LogP contribution < -0.4 is 5.32 Å². The smallest absolute Gasteiger partial charge is 0.00486 e. The van der Waals surface area contributed by atoms with Crippen LogP contribution in [0.2, 0.25) is 0 Å². The van der Waals surface area contributed by atoms with Crippen molar-refractivity contribution < 1.29 is 0 Å². The SMILES string of the molecule is CCCCCCCCCCCCNCCCCSC. The normalized spacial score (nSPS) is 11.1. The van der Waals surface area contributed by atoms with Gasteiger partial charge in [-0.15, -0.1) is 0 Å². The monoisotopic (exact) mass is 287 g/mol. The highest BCUT2D eigenvalue weighted by molar-refractivity contribution is 7.98. The van der Waals surface area contributed by atoms with Crippen molar-refractivity contribution >= 4 is 11.8 Å². The molecule has 2 heteroatoms. The lowest BCUT2D eigenvalue weighted by Gasteiger charge is -2.04. The first kappa shape index (κ1) is 19.3. The number of hydrogen-bond donors (Lipinski definition) is 1. The van der Waals surface area contributed by atoms with Gasteiger partial charge in [0.2, 0.25) is 0 Å². The van der Waals surface area contributed by atoms with Crippen LogP contribution in [0.5, 0.6) is 0 Å². The van der Waals surface area contributed by atoms with Gasteiger partial charge in [0.05, 0.1) is 0 Å². The zero-order chi connectivity index (χ0) is 14.0. The molecule has 0 aromatic carbocycles. The fraction of sp³-hybridized carbons (Fsp3) is 1.00. The minimum atomic E-state index is 1.22. The lowest BCUT2D eigenvalue weighted by Crippen LogP contribution is -2.16. The molecular weight excluding hydrogens is 250 g/mol. The standard InChI is InChI=1S/C17H37NS/c1-3-4-5-6-7-8-9-10-11-12-15-18-16-13-14-17-19-2/h18H,3-17H2,1-2H3. The van der Waals surface area contributed by atoms with Gasteiger partial charge in [0.25, 0.3) is 0 Å². The summed E-state index contributed by atoms with van der Waals surface area (Å²) in [5.41, 5.74) is 0. The summed E-state index contributed by atoms with van der Waals surface area (Å²) in [6.45, 7) is 4.74. The van der Waals surface area contributed by atoms with Crippen LogP contribution in [-0.4, -0.2) is 25.1 Å². The van der Waals surface area contributed by atoms with E-state index in [4.69, 9.17) is 0 Å². The molecule has 0 rings (SSSR count). The lowest BCUT2D eigenvalue weighted by atomic mass is 10.1. The average molecular weight is 288 g/mol. The van der Waals surface area contributed by atoms with E-state index in [9.17, 15) is 0 Å². The molecule has 0 amide bonds. The van der Waals surface area contributed by atoms with Gasteiger partial charge in [-0.1, -0.05) is 64.7 Å². The molecule has 1 nitrogen and oxygen atoms in total. The molecule has 1 N–H and O–H groups in total. The second kappa shape index (κ2) is 18.3. The fourth-order valence-electron chi connectivity index (χ4n) is 2.36. The topological polar surface area (TPSA) is 12.0 Å². The first-order chi connectivity index (χ1) is 9.41. The molecule has 0 radical (unpaired) electrons. The highest BCUT2D eigenvalue weighted by atomic mass is 32.2. The van der Waals surface area contributed by atoms with Gasteiger partial charge in [0.1, 0.15) is 0 Å². The first-order valence-corrected chi connectivity index (χ1v) is 10.0. The van der Waals surface area contributed by atoms with Gasteiger partial charge in [-0.25, -0.2) is 0 Å². The molecule has 19 heavy (non-hydrogen) atoms. The number of unbranched alkanes of at least 4 members (excludes halogenated alkanes) is 10. The Morgan fingerprint density at radius 1 is 0.632 bits per heavy atom. The Kier molecular flexibility index (Phi) is 18.6. The average Bonchev–Trinajstić information content (AvgIpc) is 2.43. The molecule has 0 heterocycles. The quantitative estimate of drug-likeness (QED) is 0.369. The zero-order valence-electron chi connectivity index (χ0n) is 13.5. The predicted molar refractivity (Wildman–Crippen MR) is 92.3 cm³/mol. The van der Waals surface area contributed by atoms with Gasteiger partial charge in [0.15, 0.2) is 0 Å². The second-order valence-corrected chi connectivity index (χ2v) is 6.62. The highest BCUT2D eigenvalue weighted by Crippen LogP contribution is 2.10. The van der Waals surface area contributed by atoms with Gasteiger partial charge in [-0.3, -0.25) is 0 Å². The van der Waals surface area contributed by atoms with E-state index in [0.717, 1.165) is 0 Å². The summed E-state index contributed by atoms with van der Waals surface area (Å²) in [6.07, 6.45) is 19.3. The van der Waals surface area contributed by atoms with Crippen LogP contribution in [0.25, 0.3) is 0 Å². The molecule has 0 aliphatic carbocycles. The van der Waals surface area contributed by atoms with Crippen molar-refractivity contribution in [1.82, 2.24) is 5.32 Å². The lowest BCUT2D eigenvalue weighted by molar-refractivity contribution is 0.540. The summed E-state index contributed by atoms with van der Waals surface area (Å²) in [5.74, 6) is 1.32. The number of nitrogens with one attached hydrogen (secondary N) is 1. The Labute approximate surface area is 126 Å². The van der Waals surface area contributed by atoms with Crippen LogP contribution in [0.1, 0.15) is 84.0 Å². The maximum absolute atomic E-state index is 3.56. The van der Waals surface area contributed by atoms with E-state index in [-0.39, 0.29) is 0 Å². The molecule has 0 saturated heterocycles. The number of hydrogen-bond acceptors (Lipinski definition) is 2. The molecule has 0 aromatic heterocycles. The maximum Gasteiger partial charge on any atom is -0.00486 e. The van der Waals surface area contributed by atoms with E-state index >= 15 is 0 Å². The van der Waals surface area contributed by atoms with Crippen molar-refractivity contribution in [3.05, 3.63) is 0 Å². The molecule has 0 spiro atoms. The van der Waals surface area contributed by atoms with Gasteiger partial charge >= 0.3 is 0 Å². The molecule has 0 aromatic rings. The number of thioether (sulfide) groups is 1. The first-order valence-electron chi connectivity index (χ1n) is 8.61. The largest absolute Gasteiger partial charge is 0.317 e. The van der Waals surface area contributed by atoms with Gasteiger partial charge in [-0.2, -0.15) is 11.8 Å². The predicted octanol–water partition coefficient (Wildman–Crippen LogP) is 5.64. The van der Waals surface area contributed by atoms with Gasteiger partial charge in [-0.05, 0) is 44.4 Å². The Morgan fingerprint density at radius 2 is 1.11 bits per heavy atom. The Balaban J connectivity index is 2.88. The molecule has 0 fully saturated rings.